The molecule has 0 radical (unpaired) electrons. The van der Waals surface area contributed by atoms with Crippen LogP contribution < -0.4 is 4.74 Å². The fourth-order valence-electron chi connectivity index (χ4n) is 5.67. The molecule has 1 unspecified atom stereocenters. The van der Waals surface area contributed by atoms with Gasteiger partial charge in [-0.25, -0.2) is 0 Å². The fourth-order valence-corrected chi connectivity index (χ4v) is 5.67. The Morgan fingerprint density at radius 3 is 1.88 bits per heavy atom. The molecule has 2 N–H and O–H groups in total. The quantitative estimate of drug-likeness (QED) is 0.0820. The van der Waals surface area contributed by atoms with E-state index in [2.05, 4.69) is 6.92 Å². The summed E-state index contributed by atoms with van der Waals surface area (Å²) in [5, 5.41) is 21.4. The van der Waals surface area contributed by atoms with Crippen LogP contribution in [0.4, 0.5) is 0 Å². The van der Waals surface area contributed by atoms with Gasteiger partial charge >= 0.3 is 0 Å². The number of nitrogens with zero attached hydrogens (tertiary/aromatic N) is 1. The zero-order chi connectivity index (χ0) is 29.6. The van der Waals surface area contributed by atoms with Crippen molar-refractivity contribution in [2.75, 3.05) is 13.7 Å². The molecule has 224 valence electrons. The van der Waals surface area contributed by atoms with Crippen molar-refractivity contribution in [3.8, 4) is 11.5 Å². The van der Waals surface area contributed by atoms with Gasteiger partial charge in [0.15, 0.2) is 11.5 Å². The third kappa shape index (κ3) is 9.11. The van der Waals surface area contributed by atoms with Gasteiger partial charge in [-0.15, -0.1) is 0 Å². The van der Waals surface area contributed by atoms with Gasteiger partial charge in [0.25, 0.3) is 11.7 Å². The van der Waals surface area contributed by atoms with Gasteiger partial charge in [-0.3, -0.25) is 9.59 Å². The number of phenols is 1. The summed E-state index contributed by atoms with van der Waals surface area (Å²) in [4.78, 5) is 28.1. The Morgan fingerprint density at radius 1 is 0.805 bits per heavy atom. The molecule has 41 heavy (non-hydrogen) atoms. The molecule has 0 aromatic heterocycles. The van der Waals surface area contributed by atoms with Crippen LogP contribution >= 0.6 is 0 Å². The number of aliphatic hydroxyl groups excluding tert-OH is 1. The van der Waals surface area contributed by atoms with Gasteiger partial charge in [-0.2, -0.15) is 0 Å². The number of hydrogen-bond acceptors (Lipinski definition) is 5. The number of benzene rings is 2. The van der Waals surface area contributed by atoms with Crippen LogP contribution in [0.2, 0.25) is 0 Å². The number of likely N-dealkylation sites (tertiary alicyclic amines) is 1. The van der Waals surface area contributed by atoms with Crippen LogP contribution in [-0.2, 0) is 9.59 Å². The number of unbranched alkanes of at least 4 members (excludes halogenated alkanes) is 13. The number of aryl methyl sites for hydroxylation is 1. The number of carbonyl (C=O) groups excluding carboxylic acids is 2. The van der Waals surface area contributed by atoms with Gasteiger partial charge < -0.3 is 19.8 Å². The van der Waals surface area contributed by atoms with Crippen LogP contribution in [0.1, 0.15) is 120 Å². The van der Waals surface area contributed by atoms with Crippen molar-refractivity contribution in [2.45, 2.75) is 110 Å². The zero-order valence-electron chi connectivity index (χ0n) is 25.3. The minimum absolute atomic E-state index is 0.0290. The van der Waals surface area contributed by atoms with E-state index in [0.717, 1.165) is 24.8 Å². The molecule has 6 nitrogen and oxygen atoms in total. The third-order valence-electron chi connectivity index (χ3n) is 8.14. The molecule has 1 heterocycles. The molecule has 0 bridgehead atoms. The number of ether oxygens (including phenoxy) is 1. The first-order valence-corrected chi connectivity index (χ1v) is 15.6. The summed E-state index contributed by atoms with van der Waals surface area (Å²) in [7, 11) is 1.46. The summed E-state index contributed by atoms with van der Waals surface area (Å²) in [6.07, 6.45) is 17.4. The molecule has 1 atom stereocenters. The maximum atomic E-state index is 13.3. The predicted molar refractivity (Wildman–Crippen MR) is 165 cm³/mol. The number of amides is 1. The Labute approximate surface area is 246 Å². The maximum absolute atomic E-state index is 13.3. The molecule has 6 heteroatoms. The Bertz CT molecular complexity index is 1150. The molecule has 3 rings (SSSR count). The normalized spacial score (nSPS) is 16.5. The lowest BCUT2D eigenvalue weighted by molar-refractivity contribution is -0.139. The van der Waals surface area contributed by atoms with Crippen molar-refractivity contribution >= 4 is 17.4 Å². The summed E-state index contributed by atoms with van der Waals surface area (Å²) in [5.41, 5.74) is 2.19. The average molecular weight is 564 g/mol. The summed E-state index contributed by atoms with van der Waals surface area (Å²) >= 11 is 0. The molecular weight excluding hydrogens is 514 g/mol. The highest BCUT2D eigenvalue weighted by atomic mass is 16.5. The average Bonchev–Trinajstić information content (AvgIpc) is 3.22. The summed E-state index contributed by atoms with van der Waals surface area (Å²) in [6, 6.07) is 11.3. The zero-order valence-corrected chi connectivity index (χ0v) is 25.3. The van der Waals surface area contributed by atoms with Crippen LogP contribution in [-0.4, -0.2) is 40.5 Å². The summed E-state index contributed by atoms with van der Waals surface area (Å²) < 4.78 is 5.30. The molecule has 2 aromatic carbocycles. The van der Waals surface area contributed by atoms with Crippen molar-refractivity contribution in [2.24, 2.45) is 0 Å². The molecule has 0 aliphatic carbocycles. The van der Waals surface area contributed by atoms with Crippen LogP contribution in [0.15, 0.2) is 48.0 Å². The Balaban J connectivity index is 1.59. The number of carbonyl (C=O) groups is 2. The van der Waals surface area contributed by atoms with Crippen molar-refractivity contribution in [1.29, 1.82) is 0 Å². The number of Topliss-reactive ketones (excluding diaryl/α,β-unsaturated/α-hetero) is 1. The highest BCUT2D eigenvalue weighted by molar-refractivity contribution is 6.46. The second-order valence-corrected chi connectivity index (χ2v) is 11.4. The van der Waals surface area contributed by atoms with Gasteiger partial charge in [0.1, 0.15) is 5.76 Å². The minimum atomic E-state index is -0.757. The van der Waals surface area contributed by atoms with Crippen LogP contribution in [0.25, 0.3) is 5.76 Å². The smallest absolute Gasteiger partial charge is 0.295 e. The number of ketones is 1. The molecule has 2 aromatic rings. The molecule has 0 spiro atoms. The Hall–Kier alpha value is -3.28. The molecule has 1 saturated heterocycles. The number of aromatic hydroxyl groups is 1. The molecule has 1 aliphatic rings. The summed E-state index contributed by atoms with van der Waals surface area (Å²) in [6.45, 7) is 4.62. The number of rotatable bonds is 18. The predicted octanol–water partition coefficient (Wildman–Crippen LogP) is 8.61. The van der Waals surface area contributed by atoms with E-state index >= 15 is 0 Å². The van der Waals surface area contributed by atoms with E-state index in [9.17, 15) is 19.8 Å². The van der Waals surface area contributed by atoms with Gasteiger partial charge in [0.2, 0.25) is 0 Å². The van der Waals surface area contributed by atoms with Gasteiger partial charge in [0.05, 0.1) is 18.7 Å². The van der Waals surface area contributed by atoms with Gasteiger partial charge in [-0.05, 0) is 31.0 Å². The van der Waals surface area contributed by atoms with E-state index in [1.807, 2.05) is 19.1 Å². The van der Waals surface area contributed by atoms with Crippen LogP contribution in [0.3, 0.4) is 0 Å². The van der Waals surface area contributed by atoms with Gasteiger partial charge in [-0.1, -0.05) is 126 Å². The van der Waals surface area contributed by atoms with Crippen molar-refractivity contribution in [3.05, 3.63) is 64.7 Å². The first-order chi connectivity index (χ1) is 19.9. The highest BCUT2D eigenvalue weighted by Crippen LogP contribution is 2.42. The van der Waals surface area contributed by atoms with Crippen LogP contribution in [0, 0.1) is 6.92 Å². The summed E-state index contributed by atoms with van der Waals surface area (Å²) in [5.74, 6) is -1.27. The first-order valence-electron chi connectivity index (χ1n) is 15.6. The largest absolute Gasteiger partial charge is 0.507 e. The fraction of sp³-hybridized carbons (Fsp3) is 0.543. The lowest BCUT2D eigenvalue weighted by Gasteiger charge is -2.26. The van der Waals surface area contributed by atoms with Crippen molar-refractivity contribution < 1.29 is 24.5 Å². The SMILES string of the molecule is CCCCCCCCCCCCCCCCN1C(=O)C(=O)/C(=C(\O)c2ccc(C)cc2)C1c1ccc(O)c(OC)c1. The van der Waals surface area contributed by atoms with E-state index < -0.39 is 17.7 Å². The number of phenolic OH excluding ortho intramolecular Hbond substituents is 1. The van der Waals surface area contributed by atoms with Crippen molar-refractivity contribution in [3.63, 3.8) is 0 Å². The first kappa shape index (κ1) is 32.2. The minimum Gasteiger partial charge on any atom is -0.507 e. The molecule has 0 saturated carbocycles. The van der Waals surface area contributed by atoms with E-state index in [-0.39, 0.29) is 22.8 Å². The lowest BCUT2D eigenvalue weighted by atomic mass is 9.94. The Kier molecular flexibility index (Phi) is 13.3. The van der Waals surface area contributed by atoms with Gasteiger partial charge in [0, 0.05) is 12.1 Å². The van der Waals surface area contributed by atoms with E-state index in [1.54, 1.807) is 29.2 Å². The topological polar surface area (TPSA) is 87.1 Å². The van der Waals surface area contributed by atoms with Crippen LogP contribution in [0.5, 0.6) is 11.5 Å². The molecule has 1 aliphatic heterocycles. The second-order valence-electron chi connectivity index (χ2n) is 11.4. The van der Waals surface area contributed by atoms with Crippen molar-refractivity contribution in [1.82, 2.24) is 4.90 Å². The number of aliphatic hydroxyl groups is 1. The lowest BCUT2D eigenvalue weighted by Crippen LogP contribution is -2.30. The monoisotopic (exact) mass is 563 g/mol. The number of hydrogen-bond donors (Lipinski definition) is 2. The third-order valence-corrected chi connectivity index (χ3v) is 8.14. The molecule has 1 amide bonds. The number of methoxy groups -OCH3 is 1. The second kappa shape index (κ2) is 16.9. The van der Waals surface area contributed by atoms with E-state index in [1.165, 1.54) is 83.8 Å². The highest BCUT2D eigenvalue weighted by Gasteiger charge is 2.46. The van der Waals surface area contributed by atoms with E-state index in [4.69, 9.17) is 4.74 Å². The maximum Gasteiger partial charge on any atom is 0.295 e. The molecule has 1 fully saturated rings. The molecular formula is C35H49NO5. The standard InChI is InChI=1S/C35H49NO5/c1-4-5-6-7-8-9-10-11-12-13-14-15-16-17-24-36-32(28-22-23-29(37)30(25-28)41-3)31(34(39)35(36)40)33(38)27-20-18-26(2)19-21-27/h18-23,25,32,37-38H,4-17,24H2,1-3H3/b33-31-. The van der Waals surface area contributed by atoms with E-state index in [0.29, 0.717) is 17.7 Å². The Morgan fingerprint density at radius 2 is 1.34 bits per heavy atom.